The van der Waals surface area contributed by atoms with Crippen molar-refractivity contribution < 1.29 is 9.53 Å². The third-order valence-corrected chi connectivity index (χ3v) is 3.46. The third kappa shape index (κ3) is 2.46. The van der Waals surface area contributed by atoms with Crippen LogP contribution in [0.3, 0.4) is 0 Å². The van der Waals surface area contributed by atoms with Crippen LogP contribution in [-0.4, -0.2) is 15.6 Å². The van der Waals surface area contributed by atoms with Crippen LogP contribution in [0.15, 0.2) is 47.3 Å². The summed E-state index contributed by atoms with van der Waals surface area (Å²) >= 11 is 0. The number of aromatic nitrogens is 2. The highest BCUT2D eigenvalue weighted by atomic mass is 16.5. The van der Waals surface area contributed by atoms with E-state index in [0.717, 1.165) is 15.7 Å². The number of carbonyl (C=O) groups is 1. The molecule has 3 rings (SSSR count). The zero-order chi connectivity index (χ0) is 15.7. The number of hydrogen-bond donors (Lipinski definition) is 2. The van der Waals surface area contributed by atoms with Crippen molar-refractivity contribution in [3.05, 3.63) is 64.1 Å². The molecule has 6 heteroatoms. The van der Waals surface area contributed by atoms with Crippen LogP contribution < -0.4 is 11.4 Å². The van der Waals surface area contributed by atoms with Gasteiger partial charge in [-0.2, -0.15) is 4.57 Å². The highest BCUT2D eigenvalue weighted by molar-refractivity contribution is 5.89. The summed E-state index contributed by atoms with van der Waals surface area (Å²) in [6.07, 6.45) is -0.733. The van der Waals surface area contributed by atoms with Gasteiger partial charge >= 0.3 is 11.8 Å². The maximum Gasteiger partial charge on any atom is 0.423 e. The number of aryl methyl sites for hydroxylation is 1. The number of ether oxygens (including phenoxy) is 1. The largest absolute Gasteiger partial charge is 0.444 e. The number of imidazole rings is 1. The first kappa shape index (κ1) is 13.9. The van der Waals surface area contributed by atoms with Gasteiger partial charge in [0.05, 0.1) is 11.0 Å². The molecule has 1 aromatic heterocycles. The lowest BCUT2D eigenvalue weighted by atomic mass is 10.2. The number of rotatable bonds is 2. The first-order valence-electron chi connectivity index (χ1n) is 6.78. The molecule has 0 spiro atoms. The molecule has 0 aliphatic heterocycles. The highest BCUT2D eigenvalue weighted by Gasteiger charge is 2.16. The summed E-state index contributed by atoms with van der Waals surface area (Å²) in [7, 11) is 0. The summed E-state index contributed by atoms with van der Waals surface area (Å²) in [5.41, 5.74) is 8.45. The number of benzene rings is 2. The number of fused-ring (bicyclic) bond motifs is 1. The van der Waals surface area contributed by atoms with Gasteiger partial charge < -0.3 is 15.5 Å². The SMILES string of the molecule is Cc1cc2[nH]c(=O)n(C(=O)OCc3ccccc3)c2cc1N. The number of nitrogens with zero attached hydrogens (tertiary/aromatic N) is 1. The normalized spacial score (nSPS) is 10.8. The van der Waals surface area contributed by atoms with Crippen molar-refractivity contribution in [1.82, 2.24) is 9.55 Å². The molecule has 0 saturated heterocycles. The van der Waals surface area contributed by atoms with Crippen molar-refractivity contribution in [2.45, 2.75) is 13.5 Å². The van der Waals surface area contributed by atoms with E-state index in [2.05, 4.69) is 4.98 Å². The van der Waals surface area contributed by atoms with Gasteiger partial charge in [0.25, 0.3) is 0 Å². The first-order valence-corrected chi connectivity index (χ1v) is 6.78. The summed E-state index contributed by atoms with van der Waals surface area (Å²) in [4.78, 5) is 26.8. The molecule has 0 aliphatic rings. The second-order valence-corrected chi connectivity index (χ2v) is 5.03. The van der Waals surface area contributed by atoms with E-state index in [9.17, 15) is 9.59 Å². The van der Waals surface area contributed by atoms with Crippen molar-refractivity contribution >= 4 is 22.8 Å². The van der Waals surface area contributed by atoms with Crippen LogP contribution in [0.5, 0.6) is 0 Å². The van der Waals surface area contributed by atoms with Crippen molar-refractivity contribution in [2.75, 3.05) is 5.73 Å². The van der Waals surface area contributed by atoms with Crippen LogP contribution in [-0.2, 0) is 11.3 Å². The Morgan fingerprint density at radius 2 is 2.00 bits per heavy atom. The molecule has 6 nitrogen and oxygen atoms in total. The summed E-state index contributed by atoms with van der Waals surface area (Å²) in [5, 5.41) is 0. The summed E-state index contributed by atoms with van der Waals surface area (Å²) in [6, 6.07) is 12.6. The molecule has 1 heterocycles. The van der Waals surface area contributed by atoms with Crippen LogP contribution in [0.2, 0.25) is 0 Å². The Labute approximate surface area is 126 Å². The van der Waals surface area contributed by atoms with Gasteiger partial charge in [-0.25, -0.2) is 9.59 Å². The quantitative estimate of drug-likeness (QED) is 0.711. The van der Waals surface area contributed by atoms with Crippen LogP contribution in [0.4, 0.5) is 10.5 Å². The molecule has 3 N–H and O–H groups in total. The molecule has 0 unspecified atom stereocenters. The molecule has 0 saturated carbocycles. The smallest absolute Gasteiger partial charge is 0.423 e. The molecule has 0 radical (unpaired) electrons. The molecular weight excluding hydrogens is 282 g/mol. The molecule has 22 heavy (non-hydrogen) atoms. The molecular formula is C16H15N3O3. The zero-order valence-electron chi connectivity index (χ0n) is 12.0. The van der Waals surface area contributed by atoms with Gasteiger partial charge in [0.15, 0.2) is 0 Å². The Bertz CT molecular complexity index is 894. The Morgan fingerprint density at radius 3 is 2.73 bits per heavy atom. The highest BCUT2D eigenvalue weighted by Crippen LogP contribution is 2.19. The number of nitrogen functional groups attached to an aromatic ring is 1. The number of nitrogens with two attached hydrogens (primary N) is 1. The summed E-state index contributed by atoms with van der Waals surface area (Å²) in [5.74, 6) is 0. The number of H-pyrrole nitrogens is 1. The standard InChI is InChI=1S/C16H15N3O3/c1-10-7-13-14(8-12(10)17)19(15(20)18-13)16(21)22-9-11-5-3-2-4-6-11/h2-8H,9,17H2,1H3,(H,18,20). The van der Waals surface area contributed by atoms with Gasteiger partial charge in [-0.05, 0) is 30.2 Å². The topological polar surface area (TPSA) is 90.1 Å². The van der Waals surface area contributed by atoms with Gasteiger partial charge in [0.1, 0.15) is 6.61 Å². The molecule has 0 amide bonds. The summed E-state index contributed by atoms with van der Waals surface area (Å²) < 4.78 is 6.15. The molecule has 3 aromatic rings. The van der Waals surface area contributed by atoms with Crippen molar-refractivity contribution in [3.8, 4) is 0 Å². The second-order valence-electron chi connectivity index (χ2n) is 5.03. The fraction of sp³-hybridized carbons (Fsp3) is 0.125. The lowest BCUT2D eigenvalue weighted by Crippen LogP contribution is -2.25. The lowest BCUT2D eigenvalue weighted by molar-refractivity contribution is 0.141. The van der Waals surface area contributed by atoms with Crippen molar-refractivity contribution in [3.63, 3.8) is 0 Å². The van der Waals surface area contributed by atoms with Crippen LogP contribution in [0, 0.1) is 6.92 Å². The van der Waals surface area contributed by atoms with E-state index in [1.807, 2.05) is 37.3 Å². The number of hydrogen-bond acceptors (Lipinski definition) is 4. The molecule has 0 atom stereocenters. The lowest BCUT2D eigenvalue weighted by Gasteiger charge is -2.06. The van der Waals surface area contributed by atoms with Crippen molar-refractivity contribution in [2.24, 2.45) is 0 Å². The average molecular weight is 297 g/mol. The Hall–Kier alpha value is -3.02. The summed E-state index contributed by atoms with van der Waals surface area (Å²) in [6.45, 7) is 1.93. The van der Waals surface area contributed by atoms with Gasteiger partial charge in [0, 0.05) is 5.69 Å². The Morgan fingerprint density at radius 1 is 1.27 bits per heavy atom. The molecule has 2 aromatic carbocycles. The zero-order valence-corrected chi connectivity index (χ0v) is 12.0. The van der Waals surface area contributed by atoms with E-state index < -0.39 is 11.8 Å². The number of aromatic amines is 1. The minimum Gasteiger partial charge on any atom is -0.444 e. The predicted molar refractivity (Wildman–Crippen MR) is 83.7 cm³/mol. The van der Waals surface area contributed by atoms with Gasteiger partial charge in [-0.1, -0.05) is 30.3 Å². The molecule has 0 bridgehead atoms. The van der Waals surface area contributed by atoms with E-state index in [4.69, 9.17) is 10.5 Å². The number of anilines is 1. The number of carbonyl (C=O) groups excluding carboxylic acids is 1. The van der Waals surface area contributed by atoms with E-state index in [1.165, 1.54) is 0 Å². The van der Waals surface area contributed by atoms with Crippen LogP contribution in [0.25, 0.3) is 11.0 Å². The van der Waals surface area contributed by atoms with E-state index in [1.54, 1.807) is 12.1 Å². The fourth-order valence-corrected chi connectivity index (χ4v) is 2.24. The first-order chi connectivity index (χ1) is 10.6. The van der Waals surface area contributed by atoms with E-state index >= 15 is 0 Å². The fourth-order valence-electron chi connectivity index (χ4n) is 2.24. The van der Waals surface area contributed by atoms with Gasteiger partial charge in [-0.15, -0.1) is 0 Å². The van der Waals surface area contributed by atoms with Gasteiger partial charge in [0.2, 0.25) is 0 Å². The van der Waals surface area contributed by atoms with Crippen molar-refractivity contribution in [1.29, 1.82) is 0 Å². The molecule has 112 valence electrons. The minimum absolute atomic E-state index is 0.0974. The van der Waals surface area contributed by atoms with Crippen LogP contribution >= 0.6 is 0 Å². The Balaban J connectivity index is 1.92. The molecule has 0 fully saturated rings. The Kier molecular flexibility index (Phi) is 3.42. The maximum absolute atomic E-state index is 12.2. The van der Waals surface area contributed by atoms with Crippen LogP contribution in [0.1, 0.15) is 11.1 Å². The van der Waals surface area contributed by atoms with E-state index in [-0.39, 0.29) is 6.61 Å². The van der Waals surface area contributed by atoms with Gasteiger partial charge in [-0.3, -0.25) is 0 Å². The maximum atomic E-state index is 12.2. The monoisotopic (exact) mass is 297 g/mol. The average Bonchev–Trinajstić information content (AvgIpc) is 2.81. The minimum atomic E-state index is -0.733. The predicted octanol–water partition coefficient (Wildman–Crippen LogP) is 2.41. The number of nitrogens with one attached hydrogen (secondary N) is 1. The molecule has 0 aliphatic carbocycles. The second kappa shape index (κ2) is 5.40. The third-order valence-electron chi connectivity index (χ3n) is 3.46. The van der Waals surface area contributed by atoms with E-state index in [0.29, 0.717) is 16.7 Å².